The van der Waals surface area contributed by atoms with E-state index in [0.717, 1.165) is 12.1 Å². The Morgan fingerprint density at radius 1 is 1.29 bits per heavy atom. The van der Waals surface area contributed by atoms with Crippen molar-refractivity contribution in [3.05, 3.63) is 41.0 Å². The molecule has 0 unspecified atom stereocenters. The van der Waals surface area contributed by atoms with Gasteiger partial charge in [0.15, 0.2) is 0 Å². The minimum absolute atomic E-state index is 0.361. The van der Waals surface area contributed by atoms with Gasteiger partial charge in [0, 0.05) is 5.57 Å². The molecule has 0 saturated carbocycles. The van der Waals surface area contributed by atoms with Crippen LogP contribution in [0.5, 0.6) is 0 Å². The highest BCUT2D eigenvalue weighted by Gasteiger charge is 2.29. The molecule has 1 aromatic carbocycles. The first kappa shape index (κ1) is 13.6. The summed E-state index contributed by atoms with van der Waals surface area (Å²) >= 11 is 3.59. The second-order valence-electron chi connectivity index (χ2n) is 3.39. The molecule has 0 fully saturated rings. The van der Waals surface area contributed by atoms with E-state index >= 15 is 0 Å². The Morgan fingerprint density at radius 2 is 1.82 bits per heavy atom. The smallest absolute Gasteiger partial charge is 0.299 e. The van der Waals surface area contributed by atoms with Gasteiger partial charge in [-0.15, -0.1) is 0 Å². The molecular weight excluding hydrogens is 251 g/mol. The van der Waals surface area contributed by atoms with Crippen LogP contribution in [0.25, 0.3) is 6.08 Å². The van der Waals surface area contributed by atoms with E-state index in [1.54, 1.807) is 6.92 Å². The second kappa shape index (κ2) is 5.27. The molecule has 0 spiro atoms. The van der Waals surface area contributed by atoms with Crippen LogP contribution in [-0.4, -0.2) is 5.91 Å². The van der Waals surface area contributed by atoms with Gasteiger partial charge >= 0.3 is 6.18 Å². The van der Waals surface area contributed by atoms with Gasteiger partial charge in [-0.05, 0) is 30.7 Å². The van der Waals surface area contributed by atoms with E-state index in [-0.39, 0.29) is 0 Å². The van der Waals surface area contributed by atoms with Crippen LogP contribution >= 0.6 is 12.8 Å². The zero-order valence-corrected chi connectivity index (χ0v) is 9.77. The predicted octanol–water partition coefficient (Wildman–Crippen LogP) is 3.07. The molecule has 1 amide bonds. The lowest BCUT2D eigenvalue weighted by Gasteiger charge is -2.06. The van der Waals surface area contributed by atoms with Crippen molar-refractivity contribution >= 4 is 24.8 Å². The minimum Gasteiger partial charge on any atom is -0.299 e. The molecule has 17 heavy (non-hydrogen) atoms. The highest BCUT2D eigenvalue weighted by Crippen LogP contribution is 2.29. The third-order valence-electron chi connectivity index (χ3n) is 2.08. The fourth-order valence-electron chi connectivity index (χ4n) is 1.17. The van der Waals surface area contributed by atoms with Crippen molar-refractivity contribution in [1.29, 1.82) is 0 Å². The van der Waals surface area contributed by atoms with Crippen molar-refractivity contribution in [1.82, 2.24) is 4.72 Å². The first-order chi connectivity index (χ1) is 7.84. The van der Waals surface area contributed by atoms with Crippen molar-refractivity contribution in [2.45, 2.75) is 13.1 Å². The molecule has 0 aliphatic rings. The highest BCUT2D eigenvalue weighted by molar-refractivity contribution is 7.78. The first-order valence-electron chi connectivity index (χ1n) is 4.64. The molecule has 1 N–H and O–H groups in total. The third kappa shape index (κ3) is 3.81. The molecule has 0 heterocycles. The molecule has 0 aromatic heterocycles. The Balaban J connectivity index is 2.93. The average Bonchev–Trinajstić information content (AvgIpc) is 2.27. The summed E-state index contributed by atoms with van der Waals surface area (Å²) in [5.41, 5.74) is 0.165. The van der Waals surface area contributed by atoms with E-state index in [1.165, 1.54) is 18.2 Å². The van der Waals surface area contributed by atoms with Crippen molar-refractivity contribution in [2.24, 2.45) is 0 Å². The fourth-order valence-corrected chi connectivity index (χ4v) is 1.35. The van der Waals surface area contributed by atoms with Crippen LogP contribution in [-0.2, 0) is 11.0 Å². The van der Waals surface area contributed by atoms with Crippen molar-refractivity contribution in [3.63, 3.8) is 0 Å². The zero-order valence-electron chi connectivity index (χ0n) is 8.88. The van der Waals surface area contributed by atoms with Crippen LogP contribution in [0.2, 0.25) is 0 Å². The Kier molecular flexibility index (Phi) is 4.22. The van der Waals surface area contributed by atoms with Crippen LogP contribution in [0.1, 0.15) is 18.1 Å². The minimum atomic E-state index is -4.35. The van der Waals surface area contributed by atoms with Gasteiger partial charge in [-0.1, -0.05) is 24.9 Å². The van der Waals surface area contributed by atoms with E-state index in [1.807, 2.05) is 0 Å². The molecule has 0 atom stereocenters. The van der Waals surface area contributed by atoms with Crippen molar-refractivity contribution in [2.75, 3.05) is 0 Å². The maximum absolute atomic E-state index is 12.3. The lowest BCUT2D eigenvalue weighted by Crippen LogP contribution is -2.12. The number of thiol groups is 1. The normalized spacial score (nSPS) is 12.4. The number of carbonyl (C=O) groups excluding carboxylic acids is 1. The standard InChI is InChI=1S/C11H10F3NOS/c1-7(10(16)15-17)6-8-2-4-9(5-3-8)11(12,13)14/h2-6,17H,1H3,(H,15,16)/b7-6+. The van der Waals surface area contributed by atoms with Crippen LogP contribution in [0.15, 0.2) is 29.8 Å². The Hall–Kier alpha value is -1.43. The summed E-state index contributed by atoms with van der Waals surface area (Å²) in [4.78, 5) is 11.1. The number of amides is 1. The molecular formula is C11H10F3NOS. The summed E-state index contributed by atoms with van der Waals surface area (Å²) in [5.74, 6) is -0.395. The average molecular weight is 261 g/mol. The summed E-state index contributed by atoms with van der Waals surface area (Å²) < 4.78 is 39.0. The maximum atomic E-state index is 12.3. The van der Waals surface area contributed by atoms with Crippen LogP contribution in [0.4, 0.5) is 13.2 Å². The van der Waals surface area contributed by atoms with Crippen molar-refractivity contribution in [3.8, 4) is 0 Å². The molecule has 6 heteroatoms. The number of alkyl halides is 3. The number of benzene rings is 1. The lowest BCUT2D eigenvalue weighted by atomic mass is 10.1. The molecule has 0 aliphatic carbocycles. The van der Waals surface area contributed by atoms with E-state index < -0.39 is 17.6 Å². The monoisotopic (exact) mass is 261 g/mol. The number of carbonyl (C=O) groups is 1. The summed E-state index contributed by atoms with van der Waals surface area (Å²) in [6, 6.07) is 4.55. The predicted molar refractivity (Wildman–Crippen MR) is 62.2 cm³/mol. The number of hydrogen-bond donors (Lipinski definition) is 2. The Morgan fingerprint density at radius 3 is 2.24 bits per heavy atom. The number of hydrogen-bond acceptors (Lipinski definition) is 2. The van der Waals surface area contributed by atoms with Gasteiger partial charge in [-0.2, -0.15) is 13.2 Å². The molecule has 92 valence electrons. The zero-order chi connectivity index (χ0) is 13.1. The Labute approximate surface area is 102 Å². The van der Waals surface area contributed by atoms with E-state index in [4.69, 9.17) is 0 Å². The maximum Gasteiger partial charge on any atom is 0.416 e. The van der Waals surface area contributed by atoms with Gasteiger partial charge in [0.25, 0.3) is 5.91 Å². The van der Waals surface area contributed by atoms with Crippen LogP contribution in [0.3, 0.4) is 0 Å². The highest BCUT2D eigenvalue weighted by atomic mass is 32.1. The number of halogens is 3. The number of nitrogens with one attached hydrogen (secondary N) is 1. The molecule has 1 aromatic rings. The molecule has 2 nitrogen and oxygen atoms in total. The van der Waals surface area contributed by atoms with E-state index in [0.29, 0.717) is 11.1 Å². The first-order valence-corrected chi connectivity index (χ1v) is 5.09. The summed E-state index contributed by atoms with van der Waals surface area (Å²) in [5, 5.41) is 0. The van der Waals surface area contributed by atoms with Gasteiger partial charge in [0.05, 0.1) is 5.56 Å². The third-order valence-corrected chi connectivity index (χ3v) is 2.28. The van der Waals surface area contributed by atoms with Gasteiger partial charge < -0.3 is 0 Å². The molecule has 1 rings (SSSR count). The largest absolute Gasteiger partial charge is 0.416 e. The van der Waals surface area contributed by atoms with Crippen LogP contribution < -0.4 is 4.72 Å². The fraction of sp³-hybridized carbons (Fsp3) is 0.182. The van der Waals surface area contributed by atoms with Gasteiger partial charge in [-0.25, -0.2) is 0 Å². The Bertz CT molecular complexity index is 437. The van der Waals surface area contributed by atoms with Gasteiger partial charge in [0.2, 0.25) is 0 Å². The van der Waals surface area contributed by atoms with Crippen molar-refractivity contribution < 1.29 is 18.0 Å². The van der Waals surface area contributed by atoms with E-state index in [2.05, 4.69) is 17.5 Å². The SMILES string of the molecule is C/C(=C\c1ccc(C(F)(F)F)cc1)C(=O)NS. The molecule has 0 radical (unpaired) electrons. The van der Waals surface area contributed by atoms with Crippen LogP contribution in [0, 0.1) is 0 Å². The van der Waals surface area contributed by atoms with Gasteiger partial charge in [0.1, 0.15) is 0 Å². The summed E-state index contributed by atoms with van der Waals surface area (Å²) in [7, 11) is 0. The molecule has 0 aliphatic heterocycles. The molecule has 0 saturated heterocycles. The summed E-state index contributed by atoms with van der Waals surface area (Å²) in [6.07, 6.45) is -2.87. The summed E-state index contributed by atoms with van der Waals surface area (Å²) in [6.45, 7) is 1.54. The quantitative estimate of drug-likeness (QED) is 0.621. The van der Waals surface area contributed by atoms with Gasteiger partial charge in [-0.3, -0.25) is 9.52 Å². The topological polar surface area (TPSA) is 29.1 Å². The number of rotatable bonds is 2. The second-order valence-corrected chi connectivity index (χ2v) is 3.61. The lowest BCUT2D eigenvalue weighted by molar-refractivity contribution is -0.137. The van der Waals surface area contributed by atoms with E-state index in [9.17, 15) is 18.0 Å². The molecule has 0 bridgehead atoms.